The molecule has 11 nitrogen and oxygen atoms in total. The molecule has 5 rings (SSSR count). The van der Waals surface area contributed by atoms with E-state index in [1.54, 1.807) is 34.8 Å². The molecule has 1 aliphatic heterocycles. The van der Waals surface area contributed by atoms with Crippen molar-refractivity contribution in [2.75, 3.05) is 34.0 Å². The van der Waals surface area contributed by atoms with Crippen molar-refractivity contribution in [1.29, 1.82) is 0 Å². The zero-order valence-corrected chi connectivity index (χ0v) is 23.0. The molecular weight excluding hydrogens is 520 g/mol. The number of hydrogen-bond donors (Lipinski definition) is 4. The number of aryl methyl sites for hydroxylation is 1. The standard InChI is InChI=1S/C30H34N8O3/c1-3-20-19-31-38-27(20)35-29(37-16-6-5-10-25(37)15-17-39)36-30(38)34-24-9-7-8-23(18-24)33-28(41)21-11-13-22(14-12-21)32-26(40)4-2/h4,7-9,11-14,18-19,25,39H,2-3,5-6,10,15-17H2,1H3,(H,32,40)(H,33,41)(H,34,35,36). The fourth-order valence-electron chi connectivity index (χ4n) is 4.99. The Bertz CT molecular complexity index is 1550. The van der Waals surface area contributed by atoms with Gasteiger partial charge in [-0.1, -0.05) is 19.6 Å². The number of amides is 2. The molecule has 11 heteroatoms. The first-order chi connectivity index (χ1) is 20.0. The maximum atomic E-state index is 12.9. The van der Waals surface area contributed by atoms with Crippen LogP contribution >= 0.6 is 0 Å². The third-order valence-electron chi connectivity index (χ3n) is 7.13. The van der Waals surface area contributed by atoms with Gasteiger partial charge >= 0.3 is 0 Å². The Morgan fingerprint density at radius 2 is 1.88 bits per heavy atom. The van der Waals surface area contributed by atoms with Crippen LogP contribution in [0.3, 0.4) is 0 Å². The summed E-state index contributed by atoms with van der Waals surface area (Å²) in [5.74, 6) is 0.529. The first kappa shape index (κ1) is 27.8. The zero-order valence-electron chi connectivity index (χ0n) is 23.0. The van der Waals surface area contributed by atoms with Crippen molar-refractivity contribution in [3.05, 3.63) is 78.5 Å². The molecule has 0 bridgehead atoms. The molecule has 1 unspecified atom stereocenters. The lowest BCUT2D eigenvalue weighted by Gasteiger charge is -2.35. The van der Waals surface area contributed by atoms with Gasteiger partial charge in [-0.25, -0.2) is 0 Å². The highest BCUT2D eigenvalue weighted by Gasteiger charge is 2.26. The number of carbonyl (C=O) groups is 2. The molecule has 4 N–H and O–H groups in total. The number of nitrogens with one attached hydrogen (secondary N) is 3. The van der Waals surface area contributed by atoms with Crippen LogP contribution < -0.4 is 20.9 Å². The van der Waals surface area contributed by atoms with Crippen LogP contribution in [0.15, 0.2) is 67.4 Å². The van der Waals surface area contributed by atoms with E-state index in [0.717, 1.165) is 49.1 Å². The van der Waals surface area contributed by atoms with E-state index in [9.17, 15) is 14.7 Å². The van der Waals surface area contributed by atoms with Crippen molar-refractivity contribution in [2.45, 2.75) is 45.1 Å². The molecule has 3 heterocycles. The third-order valence-corrected chi connectivity index (χ3v) is 7.13. The number of hydrogen-bond acceptors (Lipinski definition) is 8. The molecule has 0 saturated carbocycles. The van der Waals surface area contributed by atoms with E-state index in [4.69, 9.17) is 9.97 Å². The van der Waals surface area contributed by atoms with Gasteiger partial charge in [0.15, 0.2) is 5.65 Å². The molecule has 212 valence electrons. The second kappa shape index (κ2) is 12.6. The van der Waals surface area contributed by atoms with E-state index in [1.807, 2.05) is 24.4 Å². The van der Waals surface area contributed by atoms with E-state index in [0.29, 0.717) is 35.3 Å². The summed E-state index contributed by atoms with van der Waals surface area (Å²) < 4.78 is 1.70. The average molecular weight is 555 g/mol. The molecule has 0 radical (unpaired) electrons. The molecule has 1 saturated heterocycles. The molecular formula is C30H34N8O3. The van der Waals surface area contributed by atoms with E-state index < -0.39 is 0 Å². The van der Waals surface area contributed by atoms with Crippen LogP contribution in [-0.4, -0.2) is 55.7 Å². The summed E-state index contributed by atoms with van der Waals surface area (Å²) in [6.07, 6.45) is 7.61. The van der Waals surface area contributed by atoms with Crippen LogP contribution in [0.25, 0.3) is 5.65 Å². The highest BCUT2D eigenvalue weighted by atomic mass is 16.3. The van der Waals surface area contributed by atoms with Gasteiger partial charge in [-0.05, 0) is 80.6 Å². The molecule has 2 aromatic carbocycles. The van der Waals surface area contributed by atoms with E-state index in [1.165, 1.54) is 6.08 Å². The van der Waals surface area contributed by atoms with E-state index in [2.05, 4.69) is 39.5 Å². The fraction of sp³-hybridized carbons (Fsp3) is 0.300. The molecule has 0 aliphatic carbocycles. The SMILES string of the molecule is C=CC(=O)Nc1ccc(C(=O)Nc2cccc(Nc3nc(N4CCCCC4CCO)nc4c(CC)cnn34)c2)cc1. The first-order valence-corrected chi connectivity index (χ1v) is 13.8. The second-order valence-electron chi connectivity index (χ2n) is 9.89. The van der Waals surface area contributed by atoms with Crippen LogP contribution in [0.4, 0.5) is 29.0 Å². The number of rotatable bonds is 10. The molecule has 2 amide bonds. The van der Waals surface area contributed by atoms with Crippen molar-refractivity contribution in [2.24, 2.45) is 0 Å². The lowest BCUT2D eigenvalue weighted by Crippen LogP contribution is -2.41. The van der Waals surface area contributed by atoms with Crippen molar-refractivity contribution in [3.63, 3.8) is 0 Å². The summed E-state index contributed by atoms with van der Waals surface area (Å²) in [7, 11) is 0. The Morgan fingerprint density at radius 1 is 1.07 bits per heavy atom. The minimum atomic E-state index is -0.318. The number of aliphatic hydroxyl groups excluding tert-OH is 1. The van der Waals surface area contributed by atoms with Gasteiger partial charge < -0.3 is 26.0 Å². The van der Waals surface area contributed by atoms with Crippen molar-refractivity contribution in [1.82, 2.24) is 19.6 Å². The highest BCUT2D eigenvalue weighted by molar-refractivity contribution is 6.05. The van der Waals surface area contributed by atoms with Gasteiger partial charge in [0, 0.05) is 47.4 Å². The van der Waals surface area contributed by atoms with Crippen molar-refractivity contribution < 1.29 is 14.7 Å². The van der Waals surface area contributed by atoms with Gasteiger partial charge in [-0.3, -0.25) is 9.59 Å². The second-order valence-corrected chi connectivity index (χ2v) is 9.89. The Kier molecular flexibility index (Phi) is 8.54. The fourth-order valence-corrected chi connectivity index (χ4v) is 4.99. The Hall–Kier alpha value is -4.77. The average Bonchev–Trinajstić information content (AvgIpc) is 3.41. The monoisotopic (exact) mass is 554 g/mol. The number of aromatic nitrogens is 4. The Morgan fingerprint density at radius 3 is 2.63 bits per heavy atom. The van der Waals surface area contributed by atoms with E-state index in [-0.39, 0.29) is 24.5 Å². The van der Waals surface area contributed by atoms with Crippen molar-refractivity contribution in [3.8, 4) is 0 Å². The minimum absolute atomic E-state index is 0.121. The largest absolute Gasteiger partial charge is 0.396 e. The first-order valence-electron chi connectivity index (χ1n) is 13.8. The predicted molar refractivity (Wildman–Crippen MR) is 160 cm³/mol. The van der Waals surface area contributed by atoms with Gasteiger partial charge in [0.1, 0.15) is 0 Å². The third kappa shape index (κ3) is 6.36. The topological polar surface area (TPSA) is 137 Å². The summed E-state index contributed by atoms with van der Waals surface area (Å²) in [4.78, 5) is 36.3. The summed E-state index contributed by atoms with van der Waals surface area (Å²) >= 11 is 0. The van der Waals surface area contributed by atoms with Gasteiger partial charge in [-0.15, -0.1) is 0 Å². The summed E-state index contributed by atoms with van der Waals surface area (Å²) in [5, 5.41) is 23.1. The summed E-state index contributed by atoms with van der Waals surface area (Å²) in [5.41, 5.74) is 4.10. The number of anilines is 5. The van der Waals surface area contributed by atoms with Crippen LogP contribution in [-0.2, 0) is 11.2 Å². The van der Waals surface area contributed by atoms with Gasteiger partial charge in [0.25, 0.3) is 5.91 Å². The minimum Gasteiger partial charge on any atom is -0.396 e. The van der Waals surface area contributed by atoms with Crippen molar-refractivity contribution >= 4 is 46.4 Å². The summed E-state index contributed by atoms with van der Waals surface area (Å²) in [6, 6.07) is 14.1. The van der Waals surface area contributed by atoms with Gasteiger partial charge in [-0.2, -0.15) is 19.6 Å². The lowest BCUT2D eigenvalue weighted by atomic mass is 10.0. The highest BCUT2D eigenvalue weighted by Crippen LogP contribution is 2.28. The predicted octanol–water partition coefficient (Wildman–Crippen LogP) is 4.55. The molecule has 1 atom stereocenters. The van der Waals surface area contributed by atoms with Crippen LogP contribution in [0.5, 0.6) is 0 Å². The molecule has 4 aromatic rings. The Balaban J connectivity index is 1.38. The van der Waals surface area contributed by atoms with E-state index >= 15 is 0 Å². The lowest BCUT2D eigenvalue weighted by molar-refractivity contribution is -0.111. The Labute approximate surface area is 238 Å². The number of fused-ring (bicyclic) bond motifs is 1. The van der Waals surface area contributed by atoms with Crippen LogP contribution in [0.2, 0.25) is 0 Å². The number of piperidine rings is 1. The van der Waals surface area contributed by atoms with Gasteiger partial charge in [0.05, 0.1) is 6.20 Å². The molecule has 1 fully saturated rings. The molecule has 0 spiro atoms. The van der Waals surface area contributed by atoms with Crippen LogP contribution in [0.1, 0.15) is 48.5 Å². The number of nitrogens with zero attached hydrogens (tertiary/aromatic N) is 5. The number of benzene rings is 2. The maximum absolute atomic E-state index is 12.9. The molecule has 41 heavy (non-hydrogen) atoms. The summed E-state index contributed by atoms with van der Waals surface area (Å²) in [6.45, 7) is 6.46. The molecule has 2 aromatic heterocycles. The quantitative estimate of drug-likeness (QED) is 0.210. The smallest absolute Gasteiger partial charge is 0.255 e. The van der Waals surface area contributed by atoms with Crippen LogP contribution in [0, 0.1) is 0 Å². The molecule has 1 aliphatic rings. The van der Waals surface area contributed by atoms with Gasteiger partial charge in [0.2, 0.25) is 17.8 Å². The maximum Gasteiger partial charge on any atom is 0.255 e. The normalized spacial score (nSPS) is 15.0. The number of aliphatic hydroxyl groups is 1. The zero-order chi connectivity index (χ0) is 28.8. The number of carbonyl (C=O) groups excluding carboxylic acids is 2.